The van der Waals surface area contributed by atoms with Crippen LogP contribution in [-0.2, 0) is 11.4 Å². The van der Waals surface area contributed by atoms with Gasteiger partial charge in [-0.15, -0.1) is 0 Å². The van der Waals surface area contributed by atoms with Crippen molar-refractivity contribution >= 4 is 35.3 Å². The first-order valence-electron chi connectivity index (χ1n) is 10.5. The molecule has 1 aliphatic rings. The molecule has 0 aromatic heterocycles. The van der Waals surface area contributed by atoms with E-state index in [1.807, 2.05) is 19.1 Å². The van der Waals surface area contributed by atoms with Crippen LogP contribution < -0.4 is 19.7 Å². The van der Waals surface area contributed by atoms with Crippen molar-refractivity contribution in [3.63, 3.8) is 0 Å². The molecule has 7 nitrogen and oxygen atoms in total. The second-order valence-corrected chi connectivity index (χ2v) is 7.74. The van der Waals surface area contributed by atoms with E-state index in [-0.39, 0.29) is 12.3 Å². The number of urea groups is 1. The van der Waals surface area contributed by atoms with Crippen molar-refractivity contribution in [2.45, 2.75) is 13.5 Å². The van der Waals surface area contributed by atoms with Crippen LogP contribution in [0, 0.1) is 11.3 Å². The summed E-state index contributed by atoms with van der Waals surface area (Å²) in [5.74, 6) is 0.493. The average molecular weight is 474 g/mol. The Morgan fingerprint density at radius 3 is 2.62 bits per heavy atom. The number of hydrogen-bond donors (Lipinski definition) is 1. The van der Waals surface area contributed by atoms with Gasteiger partial charge in [-0.2, -0.15) is 5.26 Å². The Kier molecular flexibility index (Phi) is 6.81. The van der Waals surface area contributed by atoms with Crippen molar-refractivity contribution in [2.24, 2.45) is 0 Å². The Hall–Kier alpha value is -4.28. The minimum absolute atomic E-state index is 0.129. The third-order valence-electron chi connectivity index (χ3n) is 5.04. The lowest BCUT2D eigenvalue weighted by Crippen LogP contribution is -2.30. The van der Waals surface area contributed by atoms with Crippen molar-refractivity contribution in [1.29, 1.82) is 5.26 Å². The molecule has 0 aliphatic carbocycles. The summed E-state index contributed by atoms with van der Waals surface area (Å²) >= 11 is 6.00. The molecule has 8 heteroatoms. The minimum atomic E-state index is -0.556. The number of hydrogen-bond acceptors (Lipinski definition) is 5. The summed E-state index contributed by atoms with van der Waals surface area (Å²) in [6.45, 7) is 2.46. The van der Waals surface area contributed by atoms with Crippen LogP contribution in [0.25, 0.3) is 6.08 Å². The van der Waals surface area contributed by atoms with E-state index in [0.717, 1.165) is 10.5 Å². The SMILES string of the molecule is CCOc1cc(/C=C2/NC(=O)N(c3cccc(Cl)c3)C2=O)ccc1OCc1ccccc1C#N. The second-order valence-electron chi connectivity index (χ2n) is 7.31. The summed E-state index contributed by atoms with van der Waals surface area (Å²) < 4.78 is 11.6. The maximum Gasteiger partial charge on any atom is 0.333 e. The van der Waals surface area contributed by atoms with Gasteiger partial charge in [-0.1, -0.05) is 41.9 Å². The van der Waals surface area contributed by atoms with Crippen LogP contribution in [-0.4, -0.2) is 18.5 Å². The summed E-state index contributed by atoms with van der Waals surface area (Å²) in [4.78, 5) is 26.3. The fourth-order valence-electron chi connectivity index (χ4n) is 3.46. The summed E-state index contributed by atoms with van der Waals surface area (Å²) in [5, 5.41) is 12.3. The van der Waals surface area contributed by atoms with Crippen molar-refractivity contribution in [3.8, 4) is 17.6 Å². The summed E-state index contributed by atoms with van der Waals surface area (Å²) in [6.07, 6.45) is 1.57. The summed E-state index contributed by atoms with van der Waals surface area (Å²) in [5.41, 5.74) is 2.46. The van der Waals surface area contributed by atoms with Gasteiger partial charge >= 0.3 is 6.03 Å². The van der Waals surface area contributed by atoms with E-state index < -0.39 is 11.9 Å². The highest BCUT2D eigenvalue weighted by Crippen LogP contribution is 2.31. The normalized spacial score (nSPS) is 14.1. The average Bonchev–Trinajstić information content (AvgIpc) is 3.11. The molecule has 0 atom stereocenters. The van der Waals surface area contributed by atoms with Gasteiger partial charge in [0.1, 0.15) is 12.3 Å². The van der Waals surface area contributed by atoms with Gasteiger partial charge in [0.15, 0.2) is 11.5 Å². The van der Waals surface area contributed by atoms with E-state index >= 15 is 0 Å². The molecule has 0 saturated carbocycles. The van der Waals surface area contributed by atoms with Crippen LogP contribution in [0.4, 0.5) is 10.5 Å². The number of nitriles is 1. The highest BCUT2D eigenvalue weighted by molar-refractivity contribution is 6.32. The number of anilines is 1. The molecule has 1 heterocycles. The van der Waals surface area contributed by atoms with E-state index in [0.29, 0.717) is 39.9 Å². The van der Waals surface area contributed by atoms with Crippen molar-refractivity contribution < 1.29 is 19.1 Å². The third kappa shape index (κ3) is 4.87. The molecular formula is C26H20ClN3O4. The number of halogens is 1. The molecule has 1 fully saturated rings. The molecule has 34 heavy (non-hydrogen) atoms. The van der Waals surface area contributed by atoms with Gasteiger partial charge in [-0.3, -0.25) is 4.79 Å². The van der Waals surface area contributed by atoms with Gasteiger partial charge in [0.2, 0.25) is 0 Å². The topological polar surface area (TPSA) is 91.7 Å². The van der Waals surface area contributed by atoms with Crippen LogP contribution in [0.1, 0.15) is 23.6 Å². The van der Waals surface area contributed by atoms with Crippen LogP contribution >= 0.6 is 11.6 Å². The predicted octanol–water partition coefficient (Wildman–Crippen LogP) is 5.29. The van der Waals surface area contributed by atoms with E-state index in [4.69, 9.17) is 21.1 Å². The number of carbonyl (C=O) groups is 2. The predicted molar refractivity (Wildman–Crippen MR) is 129 cm³/mol. The largest absolute Gasteiger partial charge is 0.490 e. The fourth-order valence-corrected chi connectivity index (χ4v) is 3.65. The Bertz CT molecular complexity index is 1330. The minimum Gasteiger partial charge on any atom is -0.490 e. The molecule has 3 aromatic carbocycles. The molecule has 3 aromatic rings. The Morgan fingerprint density at radius 2 is 1.85 bits per heavy atom. The molecule has 1 saturated heterocycles. The molecule has 0 bridgehead atoms. The molecule has 0 unspecified atom stereocenters. The molecule has 1 aliphatic heterocycles. The quantitative estimate of drug-likeness (QED) is 0.372. The smallest absolute Gasteiger partial charge is 0.333 e. The first-order valence-corrected chi connectivity index (χ1v) is 10.9. The highest BCUT2D eigenvalue weighted by atomic mass is 35.5. The molecule has 3 amide bonds. The lowest BCUT2D eigenvalue weighted by Gasteiger charge is -2.13. The molecular weight excluding hydrogens is 454 g/mol. The van der Waals surface area contributed by atoms with Crippen molar-refractivity contribution in [3.05, 3.63) is 94.1 Å². The maximum absolute atomic E-state index is 12.9. The van der Waals surface area contributed by atoms with Crippen LogP contribution in [0.2, 0.25) is 5.02 Å². The van der Waals surface area contributed by atoms with Gasteiger partial charge in [0.25, 0.3) is 5.91 Å². The van der Waals surface area contributed by atoms with Gasteiger partial charge in [0, 0.05) is 10.6 Å². The van der Waals surface area contributed by atoms with E-state index in [2.05, 4.69) is 11.4 Å². The number of rotatable bonds is 7. The second kappa shape index (κ2) is 10.1. The van der Waals surface area contributed by atoms with E-state index in [1.165, 1.54) is 0 Å². The lowest BCUT2D eigenvalue weighted by molar-refractivity contribution is -0.113. The number of amides is 3. The van der Waals surface area contributed by atoms with Gasteiger partial charge < -0.3 is 14.8 Å². The van der Waals surface area contributed by atoms with Crippen LogP contribution in [0.15, 0.2) is 72.4 Å². The first-order chi connectivity index (χ1) is 16.5. The Balaban J connectivity index is 1.57. The zero-order valence-corrected chi connectivity index (χ0v) is 19.0. The number of carbonyl (C=O) groups excluding carboxylic acids is 2. The third-order valence-corrected chi connectivity index (χ3v) is 5.28. The molecule has 0 spiro atoms. The molecule has 0 radical (unpaired) electrons. The van der Waals surface area contributed by atoms with Crippen LogP contribution in [0.3, 0.4) is 0 Å². The molecule has 4 rings (SSSR count). The fraction of sp³-hybridized carbons (Fsp3) is 0.115. The van der Waals surface area contributed by atoms with E-state index in [9.17, 15) is 14.9 Å². The maximum atomic E-state index is 12.9. The standard InChI is InChI=1S/C26H20ClN3O4/c1-2-33-24-13-17(10-11-23(24)34-16-19-7-4-3-6-18(19)15-28)12-22-25(31)30(26(32)29-22)21-9-5-8-20(27)14-21/h3-14H,2,16H2,1H3,(H,29,32)/b22-12+. The van der Waals surface area contributed by atoms with Crippen molar-refractivity contribution in [1.82, 2.24) is 5.32 Å². The Morgan fingerprint density at radius 1 is 1.03 bits per heavy atom. The van der Waals surface area contributed by atoms with E-state index in [1.54, 1.807) is 60.7 Å². The number of nitrogens with one attached hydrogen (secondary N) is 1. The number of nitrogens with zero attached hydrogens (tertiary/aromatic N) is 2. The number of imide groups is 1. The van der Waals surface area contributed by atoms with Gasteiger partial charge in [-0.05, 0) is 55.0 Å². The zero-order valence-electron chi connectivity index (χ0n) is 18.2. The summed E-state index contributed by atoms with van der Waals surface area (Å²) in [7, 11) is 0. The van der Waals surface area contributed by atoms with Gasteiger partial charge in [0.05, 0.1) is 23.9 Å². The lowest BCUT2D eigenvalue weighted by atomic mass is 10.1. The van der Waals surface area contributed by atoms with Gasteiger partial charge in [-0.25, -0.2) is 9.69 Å². The first kappa shape index (κ1) is 22.9. The molecule has 170 valence electrons. The van der Waals surface area contributed by atoms with Crippen molar-refractivity contribution in [2.75, 3.05) is 11.5 Å². The number of benzene rings is 3. The van der Waals surface area contributed by atoms with Crippen LogP contribution in [0.5, 0.6) is 11.5 Å². The zero-order chi connectivity index (χ0) is 24.1. The highest BCUT2D eigenvalue weighted by Gasteiger charge is 2.35. The summed E-state index contributed by atoms with van der Waals surface area (Å²) in [6, 6.07) is 20.5. The molecule has 1 N–H and O–H groups in total. The number of ether oxygens (including phenoxy) is 2. The monoisotopic (exact) mass is 473 g/mol. The Labute approximate surface area is 201 Å².